The molecule has 1 aliphatic carbocycles. The van der Waals surface area contributed by atoms with E-state index in [2.05, 4.69) is 0 Å². The first-order valence-corrected chi connectivity index (χ1v) is 5.35. The highest BCUT2D eigenvalue weighted by molar-refractivity contribution is 5.85. The minimum atomic E-state index is -0.899. The van der Waals surface area contributed by atoms with Crippen LogP contribution in [0.4, 0.5) is 0 Å². The van der Waals surface area contributed by atoms with Gasteiger partial charge in [0.1, 0.15) is 6.04 Å². The fourth-order valence-corrected chi connectivity index (χ4v) is 2.09. The first kappa shape index (κ1) is 10.4. The Balaban J connectivity index is 2.02. The molecule has 0 spiro atoms. The van der Waals surface area contributed by atoms with Crippen molar-refractivity contribution >= 4 is 11.9 Å². The molecule has 5 heteroatoms. The molecule has 1 saturated carbocycles. The van der Waals surface area contributed by atoms with E-state index in [1.807, 2.05) is 0 Å². The molecule has 1 unspecified atom stereocenters. The SMILES string of the molecule is NC1CC(=O)N([C@@H](CC2CC2)C(=O)O)C1. The molecular weight excluding hydrogens is 196 g/mol. The quantitative estimate of drug-likeness (QED) is 0.676. The van der Waals surface area contributed by atoms with Crippen molar-refractivity contribution in [3.8, 4) is 0 Å². The predicted octanol–water partition coefficient (Wildman–Crippen LogP) is -0.201. The summed E-state index contributed by atoms with van der Waals surface area (Å²) in [5, 5.41) is 9.08. The maximum Gasteiger partial charge on any atom is 0.326 e. The van der Waals surface area contributed by atoms with Gasteiger partial charge in [0.25, 0.3) is 0 Å². The van der Waals surface area contributed by atoms with E-state index in [0.29, 0.717) is 18.9 Å². The fourth-order valence-electron chi connectivity index (χ4n) is 2.09. The van der Waals surface area contributed by atoms with E-state index in [9.17, 15) is 9.59 Å². The van der Waals surface area contributed by atoms with Crippen LogP contribution in [0.3, 0.4) is 0 Å². The fraction of sp³-hybridized carbons (Fsp3) is 0.800. The highest BCUT2D eigenvalue weighted by Crippen LogP contribution is 2.35. The van der Waals surface area contributed by atoms with Crippen molar-refractivity contribution in [2.24, 2.45) is 11.7 Å². The average molecular weight is 212 g/mol. The number of aliphatic carboxylic acids is 1. The van der Waals surface area contributed by atoms with Gasteiger partial charge in [0.2, 0.25) is 5.91 Å². The maximum absolute atomic E-state index is 11.5. The zero-order chi connectivity index (χ0) is 11.0. The van der Waals surface area contributed by atoms with Crippen LogP contribution in [0.5, 0.6) is 0 Å². The lowest BCUT2D eigenvalue weighted by molar-refractivity contribution is -0.148. The molecule has 5 nitrogen and oxygen atoms in total. The Labute approximate surface area is 88.2 Å². The van der Waals surface area contributed by atoms with Crippen molar-refractivity contribution in [3.63, 3.8) is 0 Å². The lowest BCUT2D eigenvalue weighted by Crippen LogP contribution is -2.43. The Morgan fingerprint density at radius 1 is 1.60 bits per heavy atom. The van der Waals surface area contributed by atoms with E-state index in [1.54, 1.807) is 0 Å². The molecule has 1 amide bonds. The molecule has 2 aliphatic rings. The third kappa shape index (κ3) is 2.28. The predicted molar refractivity (Wildman–Crippen MR) is 53.1 cm³/mol. The van der Waals surface area contributed by atoms with Crippen LogP contribution in [0.25, 0.3) is 0 Å². The lowest BCUT2D eigenvalue weighted by Gasteiger charge is -2.24. The number of hydrogen-bond acceptors (Lipinski definition) is 3. The Kier molecular flexibility index (Phi) is 2.65. The van der Waals surface area contributed by atoms with Gasteiger partial charge in [-0.15, -0.1) is 0 Å². The number of hydrogen-bond donors (Lipinski definition) is 2. The summed E-state index contributed by atoms with van der Waals surface area (Å²) >= 11 is 0. The molecule has 2 atom stereocenters. The number of rotatable bonds is 4. The zero-order valence-corrected chi connectivity index (χ0v) is 8.56. The molecule has 0 aromatic heterocycles. The van der Waals surface area contributed by atoms with Crippen LogP contribution in [0.1, 0.15) is 25.7 Å². The number of likely N-dealkylation sites (tertiary alicyclic amines) is 1. The monoisotopic (exact) mass is 212 g/mol. The summed E-state index contributed by atoms with van der Waals surface area (Å²) in [6.07, 6.45) is 3.07. The molecular formula is C10H16N2O3. The molecule has 84 valence electrons. The molecule has 1 saturated heterocycles. The summed E-state index contributed by atoms with van der Waals surface area (Å²) in [6.45, 7) is 0.391. The summed E-state index contributed by atoms with van der Waals surface area (Å²) in [6, 6.07) is -0.850. The smallest absolute Gasteiger partial charge is 0.326 e. The molecule has 0 aromatic rings. The van der Waals surface area contributed by atoms with Gasteiger partial charge in [0.05, 0.1) is 0 Å². The van der Waals surface area contributed by atoms with E-state index >= 15 is 0 Å². The number of nitrogens with zero attached hydrogens (tertiary/aromatic N) is 1. The van der Waals surface area contributed by atoms with Crippen LogP contribution < -0.4 is 5.73 Å². The Bertz CT molecular complexity index is 288. The van der Waals surface area contributed by atoms with Gasteiger partial charge in [0.15, 0.2) is 0 Å². The van der Waals surface area contributed by atoms with Crippen molar-refractivity contribution in [1.29, 1.82) is 0 Å². The third-order valence-corrected chi connectivity index (χ3v) is 3.10. The average Bonchev–Trinajstić information content (AvgIpc) is 2.88. The summed E-state index contributed by atoms with van der Waals surface area (Å²) in [4.78, 5) is 24.0. The number of carbonyl (C=O) groups excluding carboxylic acids is 1. The molecule has 3 N–H and O–H groups in total. The normalized spacial score (nSPS) is 28.2. The van der Waals surface area contributed by atoms with Crippen LogP contribution in [0.15, 0.2) is 0 Å². The molecule has 1 aliphatic heterocycles. The Morgan fingerprint density at radius 2 is 2.27 bits per heavy atom. The van der Waals surface area contributed by atoms with Gasteiger partial charge < -0.3 is 15.7 Å². The van der Waals surface area contributed by atoms with Crippen molar-refractivity contribution in [3.05, 3.63) is 0 Å². The summed E-state index contributed by atoms with van der Waals surface area (Å²) in [5.74, 6) is -0.518. The van der Waals surface area contributed by atoms with Gasteiger partial charge in [-0.05, 0) is 12.3 Å². The third-order valence-electron chi connectivity index (χ3n) is 3.10. The van der Waals surface area contributed by atoms with Crippen LogP contribution in [-0.2, 0) is 9.59 Å². The maximum atomic E-state index is 11.5. The minimum absolute atomic E-state index is 0.115. The number of nitrogens with two attached hydrogens (primary N) is 1. The van der Waals surface area contributed by atoms with Gasteiger partial charge in [-0.2, -0.15) is 0 Å². The van der Waals surface area contributed by atoms with Crippen LogP contribution >= 0.6 is 0 Å². The topological polar surface area (TPSA) is 83.6 Å². The number of carboxylic acid groups (broad SMARTS) is 1. The summed E-state index contributed by atoms with van der Waals surface area (Å²) in [7, 11) is 0. The van der Waals surface area contributed by atoms with Gasteiger partial charge in [0, 0.05) is 19.0 Å². The van der Waals surface area contributed by atoms with E-state index in [4.69, 9.17) is 10.8 Å². The molecule has 2 rings (SSSR count). The molecule has 2 fully saturated rings. The number of amides is 1. The molecule has 0 radical (unpaired) electrons. The van der Waals surface area contributed by atoms with Crippen molar-refractivity contribution in [1.82, 2.24) is 4.90 Å². The minimum Gasteiger partial charge on any atom is -0.480 e. The van der Waals surface area contributed by atoms with E-state index in [-0.39, 0.29) is 18.4 Å². The van der Waals surface area contributed by atoms with Crippen molar-refractivity contribution in [2.45, 2.75) is 37.8 Å². The van der Waals surface area contributed by atoms with Gasteiger partial charge in [-0.1, -0.05) is 12.8 Å². The largest absolute Gasteiger partial charge is 0.480 e. The molecule has 15 heavy (non-hydrogen) atoms. The summed E-state index contributed by atoms with van der Waals surface area (Å²) in [5.41, 5.74) is 5.64. The van der Waals surface area contributed by atoms with Crippen molar-refractivity contribution in [2.75, 3.05) is 6.54 Å². The number of carboxylic acids is 1. The van der Waals surface area contributed by atoms with Gasteiger partial charge >= 0.3 is 5.97 Å². The first-order valence-electron chi connectivity index (χ1n) is 5.35. The lowest BCUT2D eigenvalue weighted by atomic mass is 10.1. The highest BCUT2D eigenvalue weighted by Gasteiger charge is 2.39. The standard InChI is InChI=1S/C10H16N2O3/c11-7-4-9(13)12(5-7)8(10(14)15)3-6-1-2-6/h6-8H,1-5,11H2,(H,14,15)/t7?,8-/m0/s1. The molecule has 0 aromatic carbocycles. The first-order chi connectivity index (χ1) is 7.08. The van der Waals surface area contributed by atoms with Crippen LogP contribution in [0, 0.1) is 5.92 Å². The van der Waals surface area contributed by atoms with E-state index < -0.39 is 12.0 Å². The van der Waals surface area contributed by atoms with Crippen molar-refractivity contribution < 1.29 is 14.7 Å². The Hall–Kier alpha value is -1.10. The summed E-state index contributed by atoms with van der Waals surface area (Å²) < 4.78 is 0. The van der Waals surface area contributed by atoms with Crippen LogP contribution in [-0.4, -0.2) is 40.5 Å². The van der Waals surface area contributed by atoms with E-state index in [1.165, 1.54) is 4.90 Å². The number of carbonyl (C=O) groups is 2. The van der Waals surface area contributed by atoms with Crippen LogP contribution in [0.2, 0.25) is 0 Å². The molecule has 0 bridgehead atoms. The zero-order valence-electron chi connectivity index (χ0n) is 8.56. The Morgan fingerprint density at radius 3 is 2.67 bits per heavy atom. The second-order valence-corrected chi connectivity index (χ2v) is 4.54. The highest BCUT2D eigenvalue weighted by atomic mass is 16.4. The van der Waals surface area contributed by atoms with E-state index in [0.717, 1.165) is 12.8 Å². The van der Waals surface area contributed by atoms with Gasteiger partial charge in [-0.25, -0.2) is 4.79 Å². The second-order valence-electron chi connectivity index (χ2n) is 4.54. The van der Waals surface area contributed by atoms with Gasteiger partial charge in [-0.3, -0.25) is 4.79 Å². The second kappa shape index (κ2) is 3.81. The molecule has 1 heterocycles.